The summed E-state index contributed by atoms with van der Waals surface area (Å²) in [5, 5.41) is 19.8. The van der Waals surface area contributed by atoms with Crippen molar-refractivity contribution in [3.8, 4) is 0 Å². The van der Waals surface area contributed by atoms with Crippen LogP contribution in [-0.4, -0.2) is 30.3 Å². The largest absolute Gasteiger partial charge is 0.389 e. The zero-order chi connectivity index (χ0) is 20.5. The summed E-state index contributed by atoms with van der Waals surface area (Å²) >= 11 is 0. The molecule has 0 saturated carbocycles. The lowest BCUT2D eigenvalue weighted by Crippen LogP contribution is -2.27. The van der Waals surface area contributed by atoms with Crippen molar-refractivity contribution in [1.82, 2.24) is 14.5 Å². The number of hydrogen-bond acceptors (Lipinski definition) is 5. The highest BCUT2D eigenvalue weighted by atomic mass is 16.3. The summed E-state index contributed by atoms with van der Waals surface area (Å²) in [6, 6.07) is 0. The van der Waals surface area contributed by atoms with E-state index in [-0.39, 0.29) is 6.61 Å². The van der Waals surface area contributed by atoms with Gasteiger partial charge in [-0.3, -0.25) is 0 Å². The highest BCUT2D eigenvalue weighted by Gasteiger charge is 2.23. The van der Waals surface area contributed by atoms with E-state index >= 15 is 0 Å². The number of aliphatic hydroxyl groups is 2. The van der Waals surface area contributed by atoms with Crippen LogP contribution in [0.3, 0.4) is 0 Å². The van der Waals surface area contributed by atoms with Crippen LogP contribution >= 0.6 is 0 Å². The minimum absolute atomic E-state index is 0.221. The molecule has 0 aliphatic carbocycles. The lowest BCUT2D eigenvalue weighted by atomic mass is 10.1. The molecule has 0 aliphatic rings. The van der Waals surface area contributed by atoms with Crippen LogP contribution < -0.4 is 5.73 Å². The number of aryl methyl sites for hydroxylation is 1. The molecule has 6 nitrogen and oxygen atoms in total. The summed E-state index contributed by atoms with van der Waals surface area (Å²) in [6.07, 6.45) is 4.64. The van der Waals surface area contributed by atoms with Crippen molar-refractivity contribution in [1.29, 1.82) is 0 Å². The van der Waals surface area contributed by atoms with Gasteiger partial charge in [-0.2, -0.15) is 0 Å². The molecule has 0 aromatic carbocycles. The maximum absolute atomic E-state index is 10.2. The molecule has 0 radical (unpaired) electrons. The molecule has 0 unspecified atom stereocenters. The number of nitrogens with two attached hydrogens (primary N) is 1. The zero-order valence-electron chi connectivity index (χ0n) is 17.6. The number of hydrogen-bond donors (Lipinski definition) is 3. The molecular formula is C20H36N4O2. The summed E-state index contributed by atoms with van der Waals surface area (Å²) < 4.78 is 1.84. The van der Waals surface area contributed by atoms with Gasteiger partial charge >= 0.3 is 0 Å². The van der Waals surface area contributed by atoms with Gasteiger partial charge in [-0.15, -0.1) is 0 Å². The Balaban J connectivity index is 0.00000146. The van der Waals surface area contributed by atoms with E-state index in [0.29, 0.717) is 23.7 Å². The number of allylic oxidation sites excluding steroid dienone is 1. The molecule has 2 heterocycles. The maximum atomic E-state index is 10.2. The first-order chi connectivity index (χ1) is 12.3. The molecule has 0 spiro atoms. The summed E-state index contributed by atoms with van der Waals surface area (Å²) in [4.78, 5) is 8.84. The van der Waals surface area contributed by atoms with Crippen molar-refractivity contribution < 1.29 is 10.2 Å². The van der Waals surface area contributed by atoms with E-state index in [0.717, 1.165) is 23.2 Å². The minimum Gasteiger partial charge on any atom is -0.389 e. The second-order valence-corrected chi connectivity index (χ2v) is 5.99. The van der Waals surface area contributed by atoms with Crippen LogP contribution in [0.15, 0.2) is 6.08 Å². The van der Waals surface area contributed by atoms with Gasteiger partial charge in [0.2, 0.25) is 0 Å². The third kappa shape index (κ3) is 5.54. The fourth-order valence-electron chi connectivity index (χ4n) is 2.64. The molecule has 2 aromatic rings. The lowest BCUT2D eigenvalue weighted by Gasteiger charge is -2.21. The number of aliphatic hydroxyl groups excluding tert-OH is 1. The van der Waals surface area contributed by atoms with Crippen molar-refractivity contribution in [2.24, 2.45) is 0 Å². The summed E-state index contributed by atoms with van der Waals surface area (Å²) in [5.74, 6) is 0.828. The van der Waals surface area contributed by atoms with Crippen LogP contribution in [-0.2, 0) is 19.6 Å². The monoisotopic (exact) mass is 364 g/mol. The van der Waals surface area contributed by atoms with Crippen LogP contribution in [0, 0.1) is 0 Å². The molecule has 4 N–H and O–H groups in total. The number of nitrogen functional groups attached to an aromatic ring is 1. The molecule has 0 amide bonds. The Morgan fingerprint density at radius 2 is 1.73 bits per heavy atom. The zero-order valence-corrected chi connectivity index (χ0v) is 17.6. The van der Waals surface area contributed by atoms with Crippen molar-refractivity contribution in [2.75, 3.05) is 5.73 Å². The first-order valence-electron chi connectivity index (χ1n) is 9.45. The van der Waals surface area contributed by atoms with Crippen LogP contribution in [0.2, 0.25) is 0 Å². The van der Waals surface area contributed by atoms with Gasteiger partial charge in [0.15, 0.2) is 5.82 Å². The first kappa shape index (κ1) is 24.1. The Morgan fingerprint density at radius 1 is 1.15 bits per heavy atom. The first-order valence-corrected chi connectivity index (χ1v) is 9.45. The summed E-state index contributed by atoms with van der Waals surface area (Å²) in [7, 11) is 0. The van der Waals surface area contributed by atoms with Gasteiger partial charge in [-0.1, -0.05) is 46.8 Å². The van der Waals surface area contributed by atoms with Crippen LogP contribution in [0.5, 0.6) is 0 Å². The maximum Gasteiger partial charge on any atom is 0.151 e. The van der Waals surface area contributed by atoms with Gasteiger partial charge < -0.3 is 20.5 Å². The van der Waals surface area contributed by atoms with Gasteiger partial charge in [0.25, 0.3) is 0 Å². The van der Waals surface area contributed by atoms with Gasteiger partial charge in [0, 0.05) is 5.56 Å². The van der Waals surface area contributed by atoms with Gasteiger partial charge in [0.1, 0.15) is 17.9 Å². The lowest BCUT2D eigenvalue weighted by molar-refractivity contribution is 0.0606. The minimum atomic E-state index is -0.935. The predicted molar refractivity (Wildman–Crippen MR) is 111 cm³/mol. The van der Waals surface area contributed by atoms with Crippen molar-refractivity contribution in [2.45, 2.75) is 80.6 Å². The number of pyridine rings is 1. The van der Waals surface area contributed by atoms with E-state index in [2.05, 4.69) is 9.97 Å². The second kappa shape index (κ2) is 10.9. The van der Waals surface area contributed by atoms with Crippen molar-refractivity contribution in [3.05, 3.63) is 23.2 Å². The van der Waals surface area contributed by atoms with Crippen LogP contribution in [0.1, 0.15) is 72.5 Å². The quantitative estimate of drug-likeness (QED) is 0.747. The van der Waals surface area contributed by atoms with Crippen molar-refractivity contribution in [3.63, 3.8) is 0 Å². The number of anilines is 1. The number of fused-ring (bicyclic) bond motifs is 1. The third-order valence-corrected chi connectivity index (χ3v) is 3.47. The smallest absolute Gasteiger partial charge is 0.151 e. The Hall–Kier alpha value is -1.92. The van der Waals surface area contributed by atoms with Crippen LogP contribution in [0.4, 0.5) is 5.82 Å². The van der Waals surface area contributed by atoms with E-state index in [1.807, 2.05) is 58.3 Å². The third-order valence-electron chi connectivity index (χ3n) is 3.47. The number of aromatic nitrogens is 3. The predicted octanol–water partition coefficient (Wildman–Crippen LogP) is 3.92. The summed E-state index contributed by atoms with van der Waals surface area (Å²) in [6.45, 7) is 15.5. The van der Waals surface area contributed by atoms with Gasteiger partial charge in [-0.25, -0.2) is 9.97 Å². The second-order valence-electron chi connectivity index (χ2n) is 5.99. The molecule has 2 rings (SSSR count). The highest BCUT2D eigenvalue weighted by Crippen LogP contribution is 2.29. The van der Waals surface area contributed by atoms with E-state index in [4.69, 9.17) is 5.73 Å². The van der Waals surface area contributed by atoms with E-state index in [9.17, 15) is 10.2 Å². The SMILES string of the molecule is C/C=C\c1c(CC)nc(N)c2nc(CO)n(CC(C)(C)O)c12.CC.CC. The Bertz CT molecular complexity index is 713. The van der Waals surface area contributed by atoms with Crippen molar-refractivity contribution >= 4 is 22.9 Å². The highest BCUT2D eigenvalue weighted by molar-refractivity contribution is 5.93. The topological polar surface area (TPSA) is 97.2 Å². The molecule has 0 saturated heterocycles. The van der Waals surface area contributed by atoms with Crippen LogP contribution in [0.25, 0.3) is 17.1 Å². The molecule has 148 valence electrons. The Kier molecular flexibility index (Phi) is 10.1. The van der Waals surface area contributed by atoms with Gasteiger partial charge in [-0.05, 0) is 27.2 Å². The van der Waals surface area contributed by atoms with E-state index in [1.165, 1.54) is 0 Å². The number of nitrogens with zero attached hydrogens (tertiary/aromatic N) is 3. The average Bonchev–Trinajstić information content (AvgIpc) is 2.98. The Morgan fingerprint density at radius 3 is 2.15 bits per heavy atom. The van der Waals surface area contributed by atoms with E-state index in [1.54, 1.807) is 13.8 Å². The molecular weight excluding hydrogens is 328 g/mol. The molecule has 6 heteroatoms. The molecule has 26 heavy (non-hydrogen) atoms. The fourth-order valence-corrected chi connectivity index (χ4v) is 2.64. The fraction of sp³-hybridized carbons (Fsp3) is 0.600. The molecule has 0 fully saturated rings. The Labute approximate surface area is 157 Å². The molecule has 2 aromatic heterocycles. The summed E-state index contributed by atoms with van der Waals surface area (Å²) in [5.41, 5.74) is 8.30. The van der Waals surface area contributed by atoms with Gasteiger partial charge in [0.05, 0.1) is 23.4 Å². The van der Waals surface area contributed by atoms with E-state index < -0.39 is 5.60 Å². The number of imidazole rings is 1. The normalized spacial score (nSPS) is 11.2. The molecule has 0 atom stereocenters. The standard InChI is InChI=1S/C16H24N4O2.2C2H6/c1-5-7-10-11(6-2)18-15(17)13-14(10)20(9-16(3,4)22)12(8-21)19-13;2*1-2/h5,7,21-22H,6,8-9H2,1-4H3,(H2,17,18);2*1-2H3/b7-5-;;. The number of rotatable bonds is 5. The molecule has 0 aliphatic heterocycles. The average molecular weight is 365 g/mol. The molecule has 0 bridgehead atoms.